The summed E-state index contributed by atoms with van der Waals surface area (Å²) in [5.74, 6) is -3.58. The van der Waals surface area contributed by atoms with Crippen molar-refractivity contribution in [2.24, 2.45) is 0 Å². The van der Waals surface area contributed by atoms with E-state index < -0.39 is 36.0 Å². The van der Waals surface area contributed by atoms with E-state index in [9.17, 15) is 18.4 Å². The molecule has 0 heterocycles. The van der Waals surface area contributed by atoms with E-state index in [-0.39, 0.29) is 18.8 Å². The minimum absolute atomic E-state index is 0.0231. The minimum Gasteiger partial charge on any atom is -0.480 e. The van der Waals surface area contributed by atoms with Crippen molar-refractivity contribution >= 4 is 11.9 Å². The molecule has 1 rings (SSSR count). The lowest BCUT2D eigenvalue weighted by Crippen LogP contribution is -2.44. The van der Waals surface area contributed by atoms with Crippen LogP contribution < -0.4 is 5.32 Å². The van der Waals surface area contributed by atoms with Crippen LogP contribution in [-0.2, 0) is 20.7 Å². The van der Waals surface area contributed by atoms with Crippen LogP contribution >= 0.6 is 0 Å². The second-order valence-electron chi connectivity index (χ2n) is 4.20. The van der Waals surface area contributed by atoms with Crippen molar-refractivity contribution < 1.29 is 28.2 Å². The van der Waals surface area contributed by atoms with Crippen molar-refractivity contribution in [2.75, 3.05) is 13.2 Å². The van der Waals surface area contributed by atoms with E-state index in [2.05, 4.69) is 11.9 Å². The topological polar surface area (TPSA) is 75.6 Å². The molecule has 0 aliphatic heterocycles. The monoisotopic (exact) mass is 299 g/mol. The number of halogens is 2. The van der Waals surface area contributed by atoms with Gasteiger partial charge < -0.3 is 15.2 Å². The van der Waals surface area contributed by atoms with Gasteiger partial charge in [0.05, 0.1) is 19.6 Å². The summed E-state index contributed by atoms with van der Waals surface area (Å²) >= 11 is 0. The van der Waals surface area contributed by atoms with Gasteiger partial charge in [-0.25, -0.2) is 13.6 Å². The van der Waals surface area contributed by atoms with Crippen LogP contribution in [0.2, 0.25) is 0 Å². The number of ether oxygens (including phenoxy) is 1. The number of amides is 1. The molecule has 0 aliphatic rings. The number of hydrogen-bond donors (Lipinski definition) is 2. The number of benzene rings is 1. The number of rotatable bonds is 8. The molecule has 21 heavy (non-hydrogen) atoms. The molecule has 0 saturated carbocycles. The lowest BCUT2D eigenvalue weighted by Gasteiger charge is -2.14. The average Bonchev–Trinajstić information content (AvgIpc) is 2.41. The molecule has 0 radical (unpaired) electrons. The van der Waals surface area contributed by atoms with E-state index in [1.54, 1.807) is 0 Å². The highest BCUT2D eigenvalue weighted by molar-refractivity contribution is 5.84. The molecule has 0 fully saturated rings. The number of nitrogens with one attached hydrogen (secondary N) is 1. The summed E-state index contributed by atoms with van der Waals surface area (Å²) in [5, 5.41) is 11.1. The van der Waals surface area contributed by atoms with Gasteiger partial charge in [0.25, 0.3) is 0 Å². The maximum Gasteiger partial charge on any atom is 0.328 e. The van der Waals surface area contributed by atoms with Crippen LogP contribution in [-0.4, -0.2) is 36.2 Å². The average molecular weight is 299 g/mol. The van der Waals surface area contributed by atoms with Crippen molar-refractivity contribution in [1.29, 1.82) is 0 Å². The molecule has 2 N–H and O–H groups in total. The van der Waals surface area contributed by atoms with Gasteiger partial charge in [0.1, 0.15) is 11.6 Å². The fraction of sp³-hybridized carbons (Fsp3) is 0.286. The van der Waals surface area contributed by atoms with Crippen LogP contribution in [0.5, 0.6) is 0 Å². The Kier molecular flexibility index (Phi) is 6.48. The van der Waals surface area contributed by atoms with Gasteiger partial charge in [-0.2, -0.15) is 0 Å². The molecule has 1 aromatic rings. The van der Waals surface area contributed by atoms with Gasteiger partial charge in [0.2, 0.25) is 5.91 Å². The van der Waals surface area contributed by atoms with Gasteiger partial charge in [-0.3, -0.25) is 4.79 Å². The summed E-state index contributed by atoms with van der Waals surface area (Å²) in [4.78, 5) is 22.6. The highest BCUT2D eigenvalue weighted by Crippen LogP contribution is 2.10. The Morgan fingerprint density at radius 3 is 2.71 bits per heavy atom. The van der Waals surface area contributed by atoms with Crippen LogP contribution in [0.25, 0.3) is 0 Å². The number of carbonyl (C=O) groups is 2. The SMILES string of the molecule is C=CCOCC(NC(=O)Cc1ccc(F)cc1F)C(=O)O. The van der Waals surface area contributed by atoms with E-state index in [1.807, 2.05) is 0 Å². The van der Waals surface area contributed by atoms with Gasteiger partial charge in [0, 0.05) is 6.07 Å². The number of carboxylic acids is 1. The van der Waals surface area contributed by atoms with Crippen LogP contribution in [0.1, 0.15) is 5.56 Å². The standard InChI is InChI=1S/C14H15F2NO4/c1-2-5-21-8-12(14(19)20)17-13(18)6-9-3-4-10(15)7-11(9)16/h2-4,7,12H,1,5-6,8H2,(H,17,18)(H,19,20). The summed E-state index contributed by atoms with van der Waals surface area (Å²) in [6.45, 7) is 3.31. The van der Waals surface area contributed by atoms with Crippen molar-refractivity contribution in [3.05, 3.63) is 48.1 Å². The molecule has 1 aromatic carbocycles. The molecule has 5 nitrogen and oxygen atoms in total. The summed E-state index contributed by atoms with van der Waals surface area (Å²) in [7, 11) is 0. The maximum atomic E-state index is 13.4. The predicted molar refractivity (Wildman–Crippen MR) is 70.6 cm³/mol. The first-order chi connectivity index (χ1) is 9.93. The fourth-order valence-corrected chi connectivity index (χ4v) is 1.53. The maximum absolute atomic E-state index is 13.4. The second-order valence-corrected chi connectivity index (χ2v) is 4.20. The Bertz CT molecular complexity index is 534. The molecule has 114 valence electrons. The molecule has 0 aliphatic carbocycles. The Labute approximate surface area is 120 Å². The molecule has 0 bridgehead atoms. The largest absolute Gasteiger partial charge is 0.480 e. The van der Waals surface area contributed by atoms with Crippen LogP contribution in [0, 0.1) is 11.6 Å². The lowest BCUT2D eigenvalue weighted by atomic mass is 10.1. The molecule has 1 amide bonds. The van der Waals surface area contributed by atoms with E-state index in [1.165, 1.54) is 6.08 Å². The Balaban J connectivity index is 2.60. The van der Waals surface area contributed by atoms with Gasteiger partial charge in [-0.15, -0.1) is 6.58 Å². The number of aliphatic carboxylic acids is 1. The van der Waals surface area contributed by atoms with Crippen molar-refractivity contribution in [2.45, 2.75) is 12.5 Å². The zero-order chi connectivity index (χ0) is 15.8. The smallest absolute Gasteiger partial charge is 0.328 e. The quantitative estimate of drug-likeness (QED) is 0.560. The predicted octanol–water partition coefficient (Wildman–Crippen LogP) is 1.28. The van der Waals surface area contributed by atoms with Gasteiger partial charge in [-0.05, 0) is 11.6 Å². The van der Waals surface area contributed by atoms with Crippen LogP contribution in [0.4, 0.5) is 8.78 Å². The third-order valence-electron chi connectivity index (χ3n) is 2.52. The summed E-state index contributed by atoms with van der Waals surface area (Å²) in [6.07, 6.45) is 1.05. The zero-order valence-corrected chi connectivity index (χ0v) is 11.1. The number of hydrogen-bond acceptors (Lipinski definition) is 3. The lowest BCUT2D eigenvalue weighted by molar-refractivity contribution is -0.143. The zero-order valence-electron chi connectivity index (χ0n) is 11.1. The minimum atomic E-state index is -1.27. The number of carbonyl (C=O) groups excluding carboxylic acids is 1. The second kappa shape index (κ2) is 8.11. The molecule has 0 saturated heterocycles. The third kappa shape index (κ3) is 5.70. The first kappa shape index (κ1) is 16.8. The molecular formula is C14H15F2NO4. The summed E-state index contributed by atoms with van der Waals surface area (Å²) in [5.41, 5.74) is -0.0231. The normalized spacial score (nSPS) is 11.7. The molecule has 1 unspecified atom stereocenters. The van der Waals surface area contributed by atoms with Crippen LogP contribution in [0.3, 0.4) is 0 Å². The van der Waals surface area contributed by atoms with E-state index >= 15 is 0 Å². The Morgan fingerprint density at radius 1 is 1.43 bits per heavy atom. The van der Waals surface area contributed by atoms with E-state index in [0.717, 1.165) is 12.1 Å². The molecule has 0 aromatic heterocycles. The molecular weight excluding hydrogens is 284 g/mol. The van der Waals surface area contributed by atoms with Crippen molar-refractivity contribution in [1.82, 2.24) is 5.32 Å². The van der Waals surface area contributed by atoms with E-state index in [4.69, 9.17) is 9.84 Å². The van der Waals surface area contributed by atoms with E-state index in [0.29, 0.717) is 6.07 Å². The van der Waals surface area contributed by atoms with Crippen molar-refractivity contribution in [3.8, 4) is 0 Å². The summed E-state index contributed by atoms with van der Waals surface area (Å²) in [6, 6.07) is 1.56. The Hall–Kier alpha value is -2.28. The third-order valence-corrected chi connectivity index (χ3v) is 2.52. The van der Waals surface area contributed by atoms with Gasteiger partial charge in [-0.1, -0.05) is 12.1 Å². The summed E-state index contributed by atoms with van der Waals surface area (Å²) < 4.78 is 31.1. The van der Waals surface area contributed by atoms with Gasteiger partial charge in [0.15, 0.2) is 6.04 Å². The fourth-order valence-electron chi connectivity index (χ4n) is 1.53. The molecule has 0 spiro atoms. The van der Waals surface area contributed by atoms with Crippen molar-refractivity contribution in [3.63, 3.8) is 0 Å². The molecule has 7 heteroatoms. The Morgan fingerprint density at radius 2 is 2.14 bits per heavy atom. The van der Waals surface area contributed by atoms with Crippen LogP contribution in [0.15, 0.2) is 30.9 Å². The highest BCUT2D eigenvalue weighted by Gasteiger charge is 2.20. The van der Waals surface area contributed by atoms with Gasteiger partial charge >= 0.3 is 5.97 Å². The molecule has 1 atom stereocenters. The first-order valence-electron chi connectivity index (χ1n) is 6.08. The highest BCUT2D eigenvalue weighted by atomic mass is 19.1. The number of carboxylic acid groups (broad SMARTS) is 1. The first-order valence-corrected chi connectivity index (χ1v) is 6.08.